The van der Waals surface area contributed by atoms with E-state index in [4.69, 9.17) is 0 Å². The molecular weight excluding hydrogens is 243 g/mol. The fourth-order valence-corrected chi connectivity index (χ4v) is 2.84. The number of hydrogen-bond donors (Lipinski definition) is 1. The summed E-state index contributed by atoms with van der Waals surface area (Å²) in [5, 5.41) is 3.30. The molecule has 1 saturated carbocycles. The molecule has 2 aliphatic rings. The summed E-state index contributed by atoms with van der Waals surface area (Å²) >= 11 is 0. The zero-order valence-electron chi connectivity index (χ0n) is 11.1. The van der Waals surface area contributed by atoms with Crippen LogP contribution in [-0.2, 0) is 4.79 Å². The molecule has 2 unspecified atom stereocenters. The first kappa shape index (κ1) is 12.6. The van der Waals surface area contributed by atoms with Crippen LogP contribution in [0.3, 0.4) is 0 Å². The highest BCUT2D eigenvalue weighted by Gasteiger charge is 2.38. The summed E-state index contributed by atoms with van der Waals surface area (Å²) in [7, 11) is 0. The van der Waals surface area contributed by atoms with Crippen LogP contribution in [0.2, 0.25) is 0 Å². The molecule has 1 saturated heterocycles. The monoisotopic (exact) mass is 262 g/mol. The van der Waals surface area contributed by atoms with Gasteiger partial charge in [-0.2, -0.15) is 0 Å². The van der Waals surface area contributed by atoms with Crippen LogP contribution in [0.25, 0.3) is 0 Å². The topological polar surface area (TPSA) is 32.3 Å². The fourth-order valence-electron chi connectivity index (χ4n) is 2.84. The predicted octanol–water partition coefficient (Wildman–Crippen LogP) is 2.44. The van der Waals surface area contributed by atoms with E-state index < -0.39 is 0 Å². The van der Waals surface area contributed by atoms with Crippen LogP contribution in [0.1, 0.15) is 37.9 Å². The van der Waals surface area contributed by atoms with Gasteiger partial charge in [-0.1, -0.05) is 18.6 Å². The van der Waals surface area contributed by atoms with E-state index in [0.29, 0.717) is 5.92 Å². The van der Waals surface area contributed by atoms with Crippen LogP contribution in [0.4, 0.5) is 4.39 Å². The minimum absolute atomic E-state index is 0.108. The second-order valence-corrected chi connectivity index (χ2v) is 5.63. The molecule has 0 aromatic heterocycles. The number of amides is 1. The van der Waals surface area contributed by atoms with Gasteiger partial charge in [0.05, 0.1) is 6.04 Å². The van der Waals surface area contributed by atoms with Gasteiger partial charge in [0.25, 0.3) is 0 Å². The molecule has 1 N–H and O–H groups in total. The van der Waals surface area contributed by atoms with E-state index in [1.165, 1.54) is 31.4 Å². The number of nitrogens with one attached hydrogen (secondary N) is 1. The summed E-state index contributed by atoms with van der Waals surface area (Å²) < 4.78 is 13.0. The van der Waals surface area contributed by atoms with Crippen molar-refractivity contribution in [3.05, 3.63) is 35.6 Å². The van der Waals surface area contributed by atoms with Gasteiger partial charge in [0.2, 0.25) is 5.91 Å². The lowest BCUT2D eigenvalue weighted by Gasteiger charge is -2.33. The van der Waals surface area contributed by atoms with Crippen molar-refractivity contribution >= 4 is 5.91 Å². The summed E-state index contributed by atoms with van der Waals surface area (Å²) in [6.07, 6.45) is 3.60. The first-order chi connectivity index (χ1) is 9.15. The average Bonchev–Trinajstić information content (AvgIpc) is 2.62. The van der Waals surface area contributed by atoms with Crippen LogP contribution in [0.5, 0.6) is 0 Å². The maximum Gasteiger partial charge on any atom is 0.241 e. The third-order valence-electron chi connectivity index (χ3n) is 4.24. The van der Waals surface area contributed by atoms with Crippen molar-refractivity contribution in [3.63, 3.8) is 0 Å². The number of carbonyl (C=O) groups excluding carboxylic acids is 1. The minimum atomic E-state index is -0.244. The zero-order chi connectivity index (χ0) is 13.4. The molecule has 1 heterocycles. The van der Waals surface area contributed by atoms with E-state index in [9.17, 15) is 9.18 Å². The molecule has 3 rings (SSSR count). The van der Waals surface area contributed by atoms with Gasteiger partial charge in [0.15, 0.2) is 0 Å². The van der Waals surface area contributed by atoms with E-state index in [1.807, 2.05) is 11.8 Å². The highest BCUT2D eigenvalue weighted by molar-refractivity contribution is 5.84. The van der Waals surface area contributed by atoms with E-state index in [-0.39, 0.29) is 23.9 Å². The van der Waals surface area contributed by atoms with Crippen LogP contribution in [0, 0.1) is 11.7 Å². The smallest absolute Gasteiger partial charge is 0.241 e. The molecule has 19 heavy (non-hydrogen) atoms. The van der Waals surface area contributed by atoms with Crippen LogP contribution < -0.4 is 5.32 Å². The molecule has 2 fully saturated rings. The summed E-state index contributed by atoms with van der Waals surface area (Å²) in [6.45, 7) is 2.71. The highest BCUT2D eigenvalue weighted by atomic mass is 19.1. The molecule has 4 heteroatoms. The second kappa shape index (κ2) is 4.93. The Labute approximate surface area is 112 Å². The highest BCUT2D eigenvalue weighted by Crippen LogP contribution is 2.32. The number of nitrogens with zero attached hydrogens (tertiary/aromatic N) is 1. The van der Waals surface area contributed by atoms with E-state index in [1.54, 1.807) is 12.1 Å². The SMILES string of the molecule is CC1NC(c2ccc(F)cc2)N(CC2CCC2)C1=O. The van der Waals surface area contributed by atoms with Crippen molar-refractivity contribution in [2.75, 3.05) is 6.54 Å². The number of carbonyl (C=O) groups is 1. The maximum absolute atomic E-state index is 13.0. The molecule has 0 spiro atoms. The van der Waals surface area contributed by atoms with Gasteiger partial charge in [0.1, 0.15) is 12.0 Å². The Morgan fingerprint density at radius 1 is 1.32 bits per heavy atom. The van der Waals surface area contributed by atoms with Crippen LogP contribution in [-0.4, -0.2) is 23.4 Å². The molecule has 102 valence electrons. The molecule has 1 aromatic rings. The lowest BCUT2D eigenvalue weighted by Crippen LogP contribution is -2.37. The molecule has 1 aliphatic carbocycles. The van der Waals surface area contributed by atoms with Gasteiger partial charge in [-0.25, -0.2) is 4.39 Å². The van der Waals surface area contributed by atoms with E-state index in [2.05, 4.69) is 5.32 Å². The van der Waals surface area contributed by atoms with Gasteiger partial charge in [-0.3, -0.25) is 10.1 Å². The fraction of sp³-hybridized carbons (Fsp3) is 0.533. The summed E-state index contributed by atoms with van der Waals surface area (Å²) in [4.78, 5) is 14.1. The van der Waals surface area contributed by atoms with Gasteiger partial charge >= 0.3 is 0 Å². The standard InChI is InChI=1S/C15H19FN2O/c1-10-15(19)18(9-11-3-2-4-11)14(17-10)12-5-7-13(16)8-6-12/h5-8,10-11,14,17H,2-4,9H2,1H3. The van der Waals surface area contributed by atoms with Crippen molar-refractivity contribution in [2.45, 2.75) is 38.4 Å². The third-order valence-corrected chi connectivity index (χ3v) is 4.24. The Hall–Kier alpha value is -1.42. The van der Waals surface area contributed by atoms with E-state index >= 15 is 0 Å². The molecule has 0 bridgehead atoms. The van der Waals surface area contributed by atoms with Crippen LogP contribution >= 0.6 is 0 Å². The molecule has 1 aromatic carbocycles. The van der Waals surface area contributed by atoms with Crippen molar-refractivity contribution in [1.82, 2.24) is 10.2 Å². The molecule has 3 nitrogen and oxygen atoms in total. The quantitative estimate of drug-likeness (QED) is 0.907. The summed E-state index contributed by atoms with van der Waals surface area (Å²) in [5.41, 5.74) is 0.957. The number of hydrogen-bond acceptors (Lipinski definition) is 2. The molecular formula is C15H19FN2O. The summed E-state index contributed by atoms with van der Waals surface area (Å²) in [6, 6.07) is 6.26. The zero-order valence-corrected chi connectivity index (χ0v) is 11.1. The van der Waals surface area contributed by atoms with Gasteiger partial charge in [0, 0.05) is 6.54 Å². The first-order valence-electron chi connectivity index (χ1n) is 6.97. The molecule has 2 atom stereocenters. The lowest BCUT2D eigenvalue weighted by molar-refractivity contribution is -0.130. The Kier molecular flexibility index (Phi) is 3.27. The third kappa shape index (κ3) is 2.37. The Bertz CT molecular complexity index is 470. The molecule has 0 radical (unpaired) electrons. The number of rotatable bonds is 3. The second-order valence-electron chi connectivity index (χ2n) is 5.63. The van der Waals surface area contributed by atoms with Crippen LogP contribution in [0.15, 0.2) is 24.3 Å². The van der Waals surface area contributed by atoms with Gasteiger partial charge < -0.3 is 4.90 Å². The Morgan fingerprint density at radius 3 is 2.58 bits per heavy atom. The largest absolute Gasteiger partial charge is 0.321 e. The van der Waals surface area contributed by atoms with Crippen molar-refractivity contribution in [1.29, 1.82) is 0 Å². The van der Waals surface area contributed by atoms with Gasteiger partial charge in [-0.05, 0) is 43.4 Å². The van der Waals surface area contributed by atoms with Gasteiger partial charge in [-0.15, -0.1) is 0 Å². The molecule has 1 aliphatic heterocycles. The van der Waals surface area contributed by atoms with Crippen molar-refractivity contribution < 1.29 is 9.18 Å². The number of benzene rings is 1. The van der Waals surface area contributed by atoms with E-state index in [0.717, 1.165) is 12.1 Å². The Morgan fingerprint density at radius 2 is 2.00 bits per heavy atom. The molecule has 1 amide bonds. The van der Waals surface area contributed by atoms with Crippen molar-refractivity contribution in [2.24, 2.45) is 5.92 Å². The van der Waals surface area contributed by atoms with Crippen molar-refractivity contribution in [3.8, 4) is 0 Å². The average molecular weight is 262 g/mol. The minimum Gasteiger partial charge on any atom is -0.321 e. The maximum atomic E-state index is 13.0. The lowest BCUT2D eigenvalue weighted by atomic mass is 9.85. The number of halogens is 1. The Balaban J connectivity index is 1.80. The summed E-state index contributed by atoms with van der Waals surface area (Å²) in [5.74, 6) is 0.548. The predicted molar refractivity (Wildman–Crippen MR) is 70.8 cm³/mol. The first-order valence-corrected chi connectivity index (χ1v) is 6.97. The normalized spacial score (nSPS) is 27.7.